The van der Waals surface area contributed by atoms with Crippen LogP contribution in [0.25, 0.3) is 0 Å². The van der Waals surface area contributed by atoms with Crippen LogP contribution in [0.1, 0.15) is 5.56 Å². The second-order valence-corrected chi connectivity index (χ2v) is 6.37. The van der Waals surface area contributed by atoms with E-state index in [9.17, 15) is 4.79 Å². The topological polar surface area (TPSA) is 71.8 Å². The number of hydrogen-bond acceptors (Lipinski definition) is 5. The number of benzene rings is 1. The first kappa shape index (κ1) is 17.7. The van der Waals surface area contributed by atoms with E-state index in [4.69, 9.17) is 10.00 Å². The van der Waals surface area contributed by atoms with Gasteiger partial charge in [-0.2, -0.15) is 5.26 Å². The molecule has 2 heterocycles. The lowest BCUT2D eigenvalue weighted by atomic mass is 10.2. The van der Waals surface area contributed by atoms with Gasteiger partial charge in [0, 0.05) is 52.4 Å². The monoisotopic (exact) mass is 343 g/mol. The Balaban J connectivity index is 1.42. The van der Waals surface area contributed by atoms with Gasteiger partial charge >= 0.3 is 6.03 Å². The molecule has 0 unspecified atom stereocenters. The van der Waals surface area contributed by atoms with Crippen molar-refractivity contribution in [2.45, 2.75) is 0 Å². The molecule has 0 saturated carbocycles. The Bertz CT molecular complexity index is 616. The molecule has 7 nitrogen and oxygen atoms in total. The molecule has 0 aromatic heterocycles. The van der Waals surface area contributed by atoms with Gasteiger partial charge in [-0.15, -0.1) is 0 Å². The molecule has 0 atom stereocenters. The summed E-state index contributed by atoms with van der Waals surface area (Å²) in [5.74, 6) is 0. The van der Waals surface area contributed by atoms with Crippen molar-refractivity contribution >= 4 is 11.7 Å². The van der Waals surface area contributed by atoms with Gasteiger partial charge in [0.1, 0.15) is 6.07 Å². The number of carbonyl (C=O) groups is 1. The number of amides is 2. The maximum Gasteiger partial charge on any atom is 0.321 e. The van der Waals surface area contributed by atoms with Crippen molar-refractivity contribution in [1.82, 2.24) is 14.7 Å². The Kier molecular flexibility index (Phi) is 6.23. The van der Waals surface area contributed by atoms with Crippen LogP contribution in [-0.2, 0) is 4.74 Å². The van der Waals surface area contributed by atoms with Crippen LogP contribution >= 0.6 is 0 Å². The minimum absolute atomic E-state index is 0.129. The number of hydrogen-bond donors (Lipinski definition) is 1. The maximum absolute atomic E-state index is 12.4. The third-order valence-electron chi connectivity index (χ3n) is 4.78. The summed E-state index contributed by atoms with van der Waals surface area (Å²) in [5, 5.41) is 12.0. The van der Waals surface area contributed by atoms with Crippen molar-refractivity contribution in [3.05, 3.63) is 29.8 Å². The Morgan fingerprint density at radius 1 is 1.04 bits per heavy atom. The summed E-state index contributed by atoms with van der Waals surface area (Å²) in [6.07, 6.45) is 0. The molecule has 1 aromatic carbocycles. The summed E-state index contributed by atoms with van der Waals surface area (Å²) in [6.45, 7) is 8.98. The average molecular weight is 343 g/mol. The van der Waals surface area contributed by atoms with E-state index in [2.05, 4.69) is 21.2 Å². The van der Waals surface area contributed by atoms with Crippen LogP contribution in [0.2, 0.25) is 0 Å². The third-order valence-corrected chi connectivity index (χ3v) is 4.78. The molecule has 2 aliphatic heterocycles. The van der Waals surface area contributed by atoms with Crippen molar-refractivity contribution < 1.29 is 9.53 Å². The molecule has 3 rings (SSSR count). The fraction of sp³-hybridized carbons (Fsp3) is 0.556. The summed E-state index contributed by atoms with van der Waals surface area (Å²) in [7, 11) is 0. The highest BCUT2D eigenvalue weighted by molar-refractivity contribution is 5.90. The molecule has 0 spiro atoms. The molecule has 0 bridgehead atoms. The molecule has 0 radical (unpaired) electrons. The van der Waals surface area contributed by atoms with Gasteiger partial charge in [-0.3, -0.25) is 9.80 Å². The summed E-state index contributed by atoms with van der Waals surface area (Å²) in [5.41, 5.74) is 1.06. The van der Waals surface area contributed by atoms with E-state index >= 15 is 0 Å². The quantitative estimate of drug-likeness (QED) is 0.884. The third kappa shape index (κ3) is 4.92. The van der Waals surface area contributed by atoms with Gasteiger partial charge < -0.3 is 15.0 Å². The summed E-state index contributed by atoms with van der Waals surface area (Å²) < 4.78 is 5.37. The molecule has 25 heavy (non-hydrogen) atoms. The molecular formula is C18H25N5O2. The number of ether oxygens (including phenoxy) is 1. The zero-order valence-corrected chi connectivity index (χ0v) is 14.5. The molecule has 2 fully saturated rings. The number of rotatable bonds is 4. The molecule has 2 aliphatic rings. The van der Waals surface area contributed by atoms with E-state index < -0.39 is 0 Å². The fourth-order valence-electron chi connectivity index (χ4n) is 3.17. The number of piperazine rings is 1. The Labute approximate surface area is 148 Å². The minimum Gasteiger partial charge on any atom is -0.379 e. The van der Waals surface area contributed by atoms with Crippen molar-refractivity contribution in [2.24, 2.45) is 0 Å². The smallest absolute Gasteiger partial charge is 0.321 e. The fourth-order valence-corrected chi connectivity index (χ4v) is 3.17. The Hall–Kier alpha value is -2.14. The number of urea groups is 1. The van der Waals surface area contributed by atoms with Crippen molar-refractivity contribution in [2.75, 3.05) is 70.9 Å². The predicted octanol–water partition coefficient (Wildman–Crippen LogP) is 1.04. The highest BCUT2D eigenvalue weighted by atomic mass is 16.5. The molecule has 2 amide bonds. The predicted molar refractivity (Wildman–Crippen MR) is 95.4 cm³/mol. The number of nitrogens with zero attached hydrogens (tertiary/aromatic N) is 4. The second-order valence-electron chi connectivity index (χ2n) is 6.37. The molecular weight excluding hydrogens is 318 g/mol. The van der Waals surface area contributed by atoms with Crippen LogP contribution in [0.5, 0.6) is 0 Å². The standard InChI is InChI=1S/C18H25N5O2/c19-15-16-3-1-2-4-17(16)20-18(24)23-9-7-21(8-10-23)5-6-22-11-13-25-14-12-22/h1-4H,5-14H2,(H,20,24). The van der Waals surface area contributed by atoms with Crippen molar-refractivity contribution in [3.8, 4) is 6.07 Å². The molecule has 1 N–H and O–H groups in total. The highest BCUT2D eigenvalue weighted by Crippen LogP contribution is 2.15. The zero-order valence-electron chi connectivity index (χ0n) is 14.5. The SMILES string of the molecule is N#Cc1ccccc1NC(=O)N1CCN(CCN2CCOCC2)CC1. The normalized spacial score (nSPS) is 19.4. The van der Waals surface area contributed by atoms with E-state index in [0.29, 0.717) is 24.3 Å². The molecule has 7 heteroatoms. The van der Waals surface area contributed by atoms with Crippen LogP contribution in [0.3, 0.4) is 0 Å². The largest absolute Gasteiger partial charge is 0.379 e. The van der Waals surface area contributed by atoms with E-state index in [-0.39, 0.29) is 6.03 Å². The van der Waals surface area contributed by atoms with Crippen LogP contribution in [0.4, 0.5) is 10.5 Å². The van der Waals surface area contributed by atoms with E-state index in [1.165, 1.54) is 0 Å². The number of para-hydroxylation sites is 1. The molecule has 134 valence electrons. The van der Waals surface area contributed by atoms with Gasteiger partial charge in [0.15, 0.2) is 0 Å². The van der Waals surface area contributed by atoms with Gasteiger partial charge in [-0.1, -0.05) is 12.1 Å². The van der Waals surface area contributed by atoms with Crippen LogP contribution in [-0.4, -0.2) is 86.3 Å². The van der Waals surface area contributed by atoms with Gasteiger partial charge in [-0.25, -0.2) is 4.79 Å². The molecule has 1 aromatic rings. The van der Waals surface area contributed by atoms with Gasteiger partial charge in [-0.05, 0) is 12.1 Å². The molecule has 2 saturated heterocycles. The summed E-state index contributed by atoms with van der Waals surface area (Å²) in [4.78, 5) is 19.1. The number of nitrogens with one attached hydrogen (secondary N) is 1. The lowest BCUT2D eigenvalue weighted by molar-refractivity contribution is 0.0311. The highest BCUT2D eigenvalue weighted by Gasteiger charge is 2.22. The number of carbonyl (C=O) groups excluding carboxylic acids is 1. The summed E-state index contributed by atoms with van der Waals surface area (Å²) in [6, 6.07) is 9.05. The van der Waals surface area contributed by atoms with Crippen LogP contribution < -0.4 is 5.32 Å². The van der Waals surface area contributed by atoms with E-state index in [1.807, 2.05) is 11.0 Å². The Morgan fingerprint density at radius 3 is 2.36 bits per heavy atom. The van der Waals surface area contributed by atoms with Gasteiger partial charge in [0.25, 0.3) is 0 Å². The first-order chi connectivity index (χ1) is 12.3. The maximum atomic E-state index is 12.4. The number of morpholine rings is 1. The lowest BCUT2D eigenvalue weighted by Crippen LogP contribution is -2.51. The van der Waals surface area contributed by atoms with Crippen LogP contribution in [0.15, 0.2) is 24.3 Å². The minimum atomic E-state index is -0.129. The number of anilines is 1. The van der Waals surface area contributed by atoms with Crippen molar-refractivity contribution in [3.63, 3.8) is 0 Å². The number of nitriles is 1. The first-order valence-electron chi connectivity index (χ1n) is 8.84. The lowest BCUT2D eigenvalue weighted by Gasteiger charge is -2.36. The summed E-state index contributed by atoms with van der Waals surface area (Å²) >= 11 is 0. The van der Waals surface area contributed by atoms with Crippen LogP contribution in [0, 0.1) is 11.3 Å². The first-order valence-corrected chi connectivity index (χ1v) is 8.84. The zero-order chi connectivity index (χ0) is 17.5. The van der Waals surface area contributed by atoms with E-state index in [0.717, 1.165) is 52.5 Å². The van der Waals surface area contributed by atoms with E-state index in [1.54, 1.807) is 18.2 Å². The second kappa shape index (κ2) is 8.81. The van der Waals surface area contributed by atoms with Gasteiger partial charge in [0.2, 0.25) is 0 Å². The van der Waals surface area contributed by atoms with Gasteiger partial charge in [0.05, 0.1) is 24.5 Å². The average Bonchev–Trinajstić information content (AvgIpc) is 2.68. The Morgan fingerprint density at radius 2 is 1.68 bits per heavy atom. The molecule has 0 aliphatic carbocycles. The van der Waals surface area contributed by atoms with Crippen molar-refractivity contribution in [1.29, 1.82) is 5.26 Å².